The number of carboxylic acids is 2. The number of carbonyl (C=O) groups is 2. The van der Waals surface area contributed by atoms with Gasteiger partial charge < -0.3 is 21.3 Å². The van der Waals surface area contributed by atoms with Crippen LogP contribution in [-0.4, -0.2) is 27.1 Å². The lowest BCUT2D eigenvalue weighted by atomic mass is 9.83. The fraction of sp³-hybridized carbons (Fsp3) is 0.0769. The summed E-state index contributed by atoms with van der Waals surface area (Å²) in [6.45, 7) is 0. The standard InChI is InChI=1S/C13H11N3O6/c14-11-10(13(19)20)9(8(5-15-11)12(17)18)6-2-1-3-7(4-6)16(21)22/h1-5,9,15H,14H2,(H,17,18)(H,19,20). The largest absolute Gasteiger partial charge is 0.478 e. The number of nitro benzene ring substituents is 1. The molecule has 0 spiro atoms. The van der Waals surface area contributed by atoms with Crippen molar-refractivity contribution in [3.8, 4) is 0 Å². The van der Waals surface area contributed by atoms with Crippen LogP contribution in [0.15, 0.2) is 47.4 Å². The zero-order chi connectivity index (χ0) is 16.4. The molecular formula is C13H11N3O6. The third kappa shape index (κ3) is 2.59. The van der Waals surface area contributed by atoms with Gasteiger partial charge in [0.2, 0.25) is 0 Å². The van der Waals surface area contributed by atoms with Crippen LogP contribution in [0.3, 0.4) is 0 Å². The second-order valence-corrected chi connectivity index (χ2v) is 4.47. The zero-order valence-corrected chi connectivity index (χ0v) is 11.0. The summed E-state index contributed by atoms with van der Waals surface area (Å²) in [7, 11) is 0. The van der Waals surface area contributed by atoms with Crippen molar-refractivity contribution in [1.82, 2.24) is 5.32 Å². The van der Waals surface area contributed by atoms with Gasteiger partial charge in [0.05, 0.1) is 22.0 Å². The van der Waals surface area contributed by atoms with Crippen LogP contribution >= 0.6 is 0 Å². The Morgan fingerprint density at radius 2 is 1.95 bits per heavy atom. The van der Waals surface area contributed by atoms with Gasteiger partial charge in [0.1, 0.15) is 5.82 Å². The first-order valence-electron chi connectivity index (χ1n) is 6.00. The van der Waals surface area contributed by atoms with E-state index in [0.717, 1.165) is 12.3 Å². The van der Waals surface area contributed by atoms with Crippen LogP contribution in [0.1, 0.15) is 11.5 Å². The molecule has 0 amide bonds. The summed E-state index contributed by atoms with van der Waals surface area (Å²) >= 11 is 0. The molecule has 1 aliphatic heterocycles. The van der Waals surface area contributed by atoms with E-state index in [1.165, 1.54) is 18.2 Å². The molecule has 0 bridgehead atoms. The van der Waals surface area contributed by atoms with E-state index in [9.17, 15) is 29.9 Å². The van der Waals surface area contributed by atoms with E-state index in [0.29, 0.717) is 0 Å². The molecule has 9 heteroatoms. The lowest BCUT2D eigenvalue weighted by Gasteiger charge is -2.25. The third-order valence-corrected chi connectivity index (χ3v) is 3.16. The molecule has 9 nitrogen and oxygen atoms in total. The summed E-state index contributed by atoms with van der Waals surface area (Å²) in [4.78, 5) is 32.9. The molecule has 0 radical (unpaired) electrons. The normalized spacial score (nSPS) is 17.5. The predicted molar refractivity (Wildman–Crippen MR) is 73.5 cm³/mol. The van der Waals surface area contributed by atoms with Gasteiger partial charge in [-0.05, 0) is 5.56 Å². The van der Waals surface area contributed by atoms with Crippen molar-refractivity contribution in [3.05, 3.63) is 63.1 Å². The molecule has 0 aromatic heterocycles. The van der Waals surface area contributed by atoms with Crippen molar-refractivity contribution in [1.29, 1.82) is 0 Å². The molecule has 22 heavy (non-hydrogen) atoms. The first kappa shape index (κ1) is 15.0. The zero-order valence-electron chi connectivity index (χ0n) is 11.0. The maximum atomic E-state index is 11.4. The van der Waals surface area contributed by atoms with E-state index in [4.69, 9.17) is 5.73 Å². The molecule has 1 unspecified atom stereocenters. The number of nitrogens with one attached hydrogen (secondary N) is 1. The number of rotatable bonds is 4. The van der Waals surface area contributed by atoms with Gasteiger partial charge in [-0.1, -0.05) is 12.1 Å². The molecule has 5 N–H and O–H groups in total. The molecular weight excluding hydrogens is 294 g/mol. The SMILES string of the molecule is NC1=C(C(=O)O)C(c2cccc([N+](=O)[O-])c2)C(C(=O)O)=CN1. The molecule has 0 fully saturated rings. The minimum absolute atomic E-state index is 0.157. The topological polar surface area (TPSA) is 156 Å². The predicted octanol–water partition coefficient (Wildman–Crippen LogP) is 0.505. The highest BCUT2D eigenvalue weighted by molar-refractivity contribution is 5.97. The van der Waals surface area contributed by atoms with Crippen LogP contribution in [0.2, 0.25) is 0 Å². The number of hydrogen-bond donors (Lipinski definition) is 4. The lowest BCUT2D eigenvalue weighted by Crippen LogP contribution is -2.32. The van der Waals surface area contributed by atoms with Crippen molar-refractivity contribution in [2.45, 2.75) is 5.92 Å². The van der Waals surface area contributed by atoms with E-state index in [2.05, 4.69) is 5.32 Å². The highest BCUT2D eigenvalue weighted by Gasteiger charge is 2.35. The van der Waals surface area contributed by atoms with Crippen LogP contribution in [-0.2, 0) is 9.59 Å². The van der Waals surface area contributed by atoms with E-state index in [1.807, 2.05) is 0 Å². The Morgan fingerprint density at radius 1 is 1.27 bits per heavy atom. The molecule has 0 aliphatic carbocycles. The minimum atomic E-state index is -1.41. The van der Waals surface area contributed by atoms with Gasteiger partial charge in [0.25, 0.3) is 5.69 Å². The van der Waals surface area contributed by atoms with Gasteiger partial charge in [-0.3, -0.25) is 10.1 Å². The summed E-state index contributed by atoms with van der Waals surface area (Å²) < 4.78 is 0. The van der Waals surface area contributed by atoms with Crippen molar-refractivity contribution < 1.29 is 24.7 Å². The van der Waals surface area contributed by atoms with Crippen molar-refractivity contribution in [3.63, 3.8) is 0 Å². The number of nitrogens with zero attached hydrogens (tertiary/aromatic N) is 1. The number of nitro groups is 1. The summed E-state index contributed by atoms with van der Waals surface area (Å²) in [5, 5.41) is 31.7. The molecule has 1 aliphatic rings. The smallest absolute Gasteiger partial charge is 0.336 e. The lowest BCUT2D eigenvalue weighted by molar-refractivity contribution is -0.384. The third-order valence-electron chi connectivity index (χ3n) is 3.16. The monoisotopic (exact) mass is 305 g/mol. The summed E-state index contributed by atoms with van der Waals surface area (Å²) in [5.41, 5.74) is 4.82. The average molecular weight is 305 g/mol. The van der Waals surface area contributed by atoms with Crippen molar-refractivity contribution in [2.75, 3.05) is 0 Å². The van der Waals surface area contributed by atoms with Gasteiger partial charge in [-0.15, -0.1) is 0 Å². The van der Waals surface area contributed by atoms with Gasteiger partial charge >= 0.3 is 11.9 Å². The van der Waals surface area contributed by atoms with Gasteiger partial charge in [-0.25, -0.2) is 9.59 Å². The van der Waals surface area contributed by atoms with Crippen molar-refractivity contribution in [2.24, 2.45) is 5.73 Å². The molecule has 1 atom stereocenters. The second-order valence-electron chi connectivity index (χ2n) is 4.47. The maximum absolute atomic E-state index is 11.4. The van der Waals surface area contributed by atoms with Crippen molar-refractivity contribution >= 4 is 17.6 Å². The molecule has 0 saturated carbocycles. The van der Waals surface area contributed by atoms with E-state index >= 15 is 0 Å². The average Bonchev–Trinajstić information content (AvgIpc) is 2.46. The summed E-state index contributed by atoms with van der Waals surface area (Å²) in [6.07, 6.45) is 1.08. The summed E-state index contributed by atoms with van der Waals surface area (Å²) in [5.74, 6) is -4.19. The van der Waals surface area contributed by atoms with E-state index in [-0.39, 0.29) is 28.2 Å². The van der Waals surface area contributed by atoms with E-state index in [1.54, 1.807) is 0 Å². The molecule has 114 valence electrons. The van der Waals surface area contributed by atoms with Gasteiger partial charge in [-0.2, -0.15) is 0 Å². The molecule has 1 aromatic carbocycles. The number of non-ortho nitro benzene ring substituents is 1. The molecule has 1 heterocycles. The Hall–Kier alpha value is -3.36. The Balaban J connectivity index is 2.64. The van der Waals surface area contributed by atoms with Gasteiger partial charge in [0, 0.05) is 18.3 Å². The first-order chi connectivity index (χ1) is 10.3. The minimum Gasteiger partial charge on any atom is -0.478 e. The number of aliphatic carboxylic acids is 2. The Labute approximate surface area is 123 Å². The fourth-order valence-electron chi connectivity index (χ4n) is 2.22. The first-order valence-corrected chi connectivity index (χ1v) is 6.00. The van der Waals surface area contributed by atoms with Gasteiger partial charge in [0.15, 0.2) is 0 Å². The number of carboxylic acid groups (broad SMARTS) is 2. The van der Waals surface area contributed by atoms with E-state index < -0.39 is 22.8 Å². The quantitative estimate of drug-likeness (QED) is 0.463. The van der Waals surface area contributed by atoms with Crippen LogP contribution in [0.4, 0.5) is 5.69 Å². The highest BCUT2D eigenvalue weighted by Crippen LogP contribution is 2.36. The second kappa shape index (κ2) is 5.56. The number of benzene rings is 1. The van der Waals surface area contributed by atoms with Crippen LogP contribution in [0.25, 0.3) is 0 Å². The Kier molecular flexibility index (Phi) is 3.80. The maximum Gasteiger partial charge on any atom is 0.336 e. The van der Waals surface area contributed by atoms with Crippen LogP contribution in [0.5, 0.6) is 0 Å². The number of hydrogen-bond acceptors (Lipinski definition) is 6. The highest BCUT2D eigenvalue weighted by atomic mass is 16.6. The fourth-order valence-corrected chi connectivity index (χ4v) is 2.22. The van der Waals surface area contributed by atoms with Crippen LogP contribution in [0, 0.1) is 10.1 Å². The molecule has 1 aromatic rings. The summed E-state index contributed by atoms with van der Waals surface area (Å²) in [6, 6.07) is 5.12. The number of nitrogens with two attached hydrogens (primary N) is 1. The molecule has 2 rings (SSSR count). The van der Waals surface area contributed by atoms with Crippen LogP contribution < -0.4 is 11.1 Å². The number of dihydropyridines is 1. The molecule has 0 saturated heterocycles. The Morgan fingerprint density at radius 3 is 2.50 bits per heavy atom. The Bertz CT molecular complexity index is 737.